The minimum Gasteiger partial charge on any atom is -0.492 e. The number of rotatable bonds is 9. The summed E-state index contributed by atoms with van der Waals surface area (Å²) in [7, 11) is 0. The van der Waals surface area contributed by atoms with Crippen molar-refractivity contribution < 1.29 is 19.0 Å². The number of aromatic nitrogens is 3. The number of carboxylic acids is 1. The van der Waals surface area contributed by atoms with Crippen molar-refractivity contribution in [3.8, 4) is 17.0 Å². The second kappa shape index (κ2) is 10.1. The molecule has 7 nitrogen and oxygen atoms in total. The number of carbonyl (C=O) groups is 1. The van der Waals surface area contributed by atoms with Crippen LogP contribution in [0.15, 0.2) is 48.8 Å². The molecule has 0 atom stereocenters. The zero-order chi connectivity index (χ0) is 25.1. The molecule has 0 bridgehead atoms. The summed E-state index contributed by atoms with van der Waals surface area (Å²) in [6.07, 6.45) is 1.46. The number of aromatic carboxylic acids is 1. The summed E-state index contributed by atoms with van der Waals surface area (Å²) in [5.74, 6) is -0.0893. The number of carboxylic acid groups (broad SMARTS) is 1. The topological polar surface area (TPSA) is 89.3 Å². The highest BCUT2D eigenvalue weighted by Crippen LogP contribution is 2.28. The predicted octanol–water partition coefficient (Wildman–Crippen LogP) is 5.70. The van der Waals surface area contributed by atoms with E-state index in [1.165, 1.54) is 18.5 Å². The first kappa shape index (κ1) is 24.2. The van der Waals surface area contributed by atoms with E-state index in [2.05, 4.69) is 15.3 Å². The van der Waals surface area contributed by atoms with Crippen LogP contribution in [-0.4, -0.2) is 38.8 Å². The van der Waals surface area contributed by atoms with Gasteiger partial charge in [0.2, 0.25) is 0 Å². The molecular weight excluding hydrogens is 447 g/mol. The number of hydrogen-bond acceptors (Lipinski definition) is 5. The lowest BCUT2D eigenvalue weighted by atomic mass is 10.1. The van der Waals surface area contributed by atoms with Gasteiger partial charge in [0.05, 0.1) is 17.8 Å². The lowest BCUT2D eigenvalue weighted by Crippen LogP contribution is -2.13. The molecule has 0 aliphatic rings. The molecule has 0 unspecified atom stereocenters. The van der Waals surface area contributed by atoms with E-state index >= 15 is 0 Å². The number of aryl methyl sites for hydroxylation is 2. The molecule has 0 aliphatic carbocycles. The quantitative estimate of drug-likeness (QED) is 0.322. The van der Waals surface area contributed by atoms with Crippen LogP contribution in [0.4, 0.5) is 10.2 Å². The summed E-state index contributed by atoms with van der Waals surface area (Å²) >= 11 is 0. The highest BCUT2D eigenvalue weighted by Gasteiger charge is 2.15. The normalized spacial score (nSPS) is 11.3. The molecule has 0 aliphatic heterocycles. The van der Waals surface area contributed by atoms with Gasteiger partial charge in [-0.3, -0.25) is 0 Å². The van der Waals surface area contributed by atoms with Crippen LogP contribution < -0.4 is 10.1 Å². The van der Waals surface area contributed by atoms with E-state index in [9.17, 15) is 14.3 Å². The SMILES string of the molecule is Cc1ccc(F)c2c1cc(C)n2CCNc1cc(-c2ccc(C(=O)O)c(OCC(C)C)c2)ncn1. The van der Waals surface area contributed by atoms with Gasteiger partial charge >= 0.3 is 5.97 Å². The summed E-state index contributed by atoms with van der Waals surface area (Å²) in [6, 6.07) is 12.0. The summed E-state index contributed by atoms with van der Waals surface area (Å²) in [5, 5.41) is 13.7. The molecule has 0 saturated carbocycles. The van der Waals surface area contributed by atoms with E-state index in [4.69, 9.17) is 4.74 Å². The Balaban J connectivity index is 1.52. The molecule has 2 heterocycles. The molecule has 0 amide bonds. The van der Waals surface area contributed by atoms with Crippen molar-refractivity contribution in [1.82, 2.24) is 14.5 Å². The summed E-state index contributed by atoms with van der Waals surface area (Å²) in [6.45, 7) is 9.47. The number of anilines is 1. The van der Waals surface area contributed by atoms with Crippen molar-refractivity contribution in [2.75, 3.05) is 18.5 Å². The third-order valence-corrected chi connectivity index (χ3v) is 5.82. The van der Waals surface area contributed by atoms with Crippen LogP contribution in [0, 0.1) is 25.6 Å². The summed E-state index contributed by atoms with van der Waals surface area (Å²) < 4.78 is 22.2. The predicted molar refractivity (Wildman–Crippen MR) is 135 cm³/mol. The number of hydrogen-bond donors (Lipinski definition) is 2. The summed E-state index contributed by atoms with van der Waals surface area (Å²) in [5.41, 5.74) is 4.12. The molecule has 2 aromatic heterocycles. The van der Waals surface area contributed by atoms with Gasteiger partial charge in [-0.25, -0.2) is 19.2 Å². The molecule has 35 heavy (non-hydrogen) atoms. The van der Waals surface area contributed by atoms with E-state index < -0.39 is 5.97 Å². The van der Waals surface area contributed by atoms with E-state index in [-0.39, 0.29) is 17.3 Å². The maximum Gasteiger partial charge on any atom is 0.339 e. The zero-order valence-corrected chi connectivity index (χ0v) is 20.3. The van der Waals surface area contributed by atoms with E-state index in [0.29, 0.717) is 42.5 Å². The minimum atomic E-state index is -1.04. The van der Waals surface area contributed by atoms with Gasteiger partial charge in [0.15, 0.2) is 0 Å². The number of nitrogens with one attached hydrogen (secondary N) is 1. The fourth-order valence-electron chi connectivity index (χ4n) is 4.03. The van der Waals surface area contributed by atoms with Crippen LogP contribution >= 0.6 is 0 Å². The molecule has 182 valence electrons. The van der Waals surface area contributed by atoms with Crippen molar-refractivity contribution in [1.29, 1.82) is 0 Å². The Hall–Kier alpha value is -3.94. The van der Waals surface area contributed by atoms with Gasteiger partial charge < -0.3 is 19.7 Å². The average molecular weight is 477 g/mol. The molecule has 0 fully saturated rings. The maximum absolute atomic E-state index is 14.5. The zero-order valence-electron chi connectivity index (χ0n) is 20.3. The second-order valence-electron chi connectivity index (χ2n) is 9.00. The van der Waals surface area contributed by atoms with Gasteiger partial charge in [-0.1, -0.05) is 26.0 Å². The van der Waals surface area contributed by atoms with Gasteiger partial charge in [0.25, 0.3) is 0 Å². The summed E-state index contributed by atoms with van der Waals surface area (Å²) in [4.78, 5) is 20.2. The highest BCUT2D eigenvalue weighted by atomic mass is 19.1. The number of ether oxygens (including phenoxy) is 1. The monoisotopic (exact) mass is 476 g/mol. The van der Waals surface area contributed by atoms with Gasteiger partial charge in [-0.2, -0.15) is 0 Å². The number of benzene rings is 2. The van der Waals surface area contributed by atoms with Crippen LogP contribution in [0.1, 0.15) is 35.5 Å². The van der Waals surface area contributed by atoms with Gasteiger partial charge in [0.1, 0.15) is 29.3 Å². The Bertz CT molecular complexity index is 1380. The molecular formula is C27H29FN4O3. The van der Waals surface area contributed by atoms with Crippen molar-refractivity contribution in [2.24, 2.45) is 5.92 Å². The highest BCUT2D eigenvalue weighted by molar-refractivity contribution is 5.92. The van der Waals surface area contributed by atoms with Crippen LogP contribution in [0.25, 0.3) is 22.2 Å². The molecule has 4 aromatic rings. The van der Waals surface area contributed by atoms with E-state index in [1.807, 2.05) is 38.3 Å². The van der Waals surface area contributed by atoms with Crippen molar-refractivity contribution in [3.05, 3.63) is 71.4 Å². The third-order valence-electron chi connectivity index (χ3n) is 5.82. The average Bonchev–Trinajstić information content (AvgIpc) is 3.17. The Labute approximate surface area is 203 Å². The fourth-order valence-corrected chi connectivity index (χ4v) is 4.03. The second-order valence-corrected chi connectivity index (χ2v) is 9.00. The standard InChI is InChI=1S/C27H29FN4O3/c1-16(2)14-35-24-12-19(6-7-20(24)27(33)34)23-13-25(31-15-30-23)29-9-10-32-18(4)11-21-17(3)5-8-22(28)26(21)32/h5-8,11-13,15-16H,9-10,14H2,1-4H3,(H,33,34)(H,29,30,31). The largest absolute Gasteiger partial charge is 0.492 e. The smallest absolute Gasteiger partial charge is 0.339 e. The van der Waals surface area contributed by atoms with Gasteiger partial charge in [0, 0.05) is 35.8 Å². The Kier molecular flexibility index (Phi) is 7.00. The molecule has 0 saturated heterocycles. The van der Waals surface area contributed by atoms with Crippen LogP contribution in [0.2, 0.25) is 0 Å². The van der Waals surface area contributed by atoms with Crippen molar-refractivity contribution in [2.45, 2.75) is 34.2 Å². The lowest BCUT2D eigenvalue weighted by molar-refractivity contribution is 0.0691. The van der Waals surface area contributed by atoms with Crippen molar-refractivity contribution >= 4 is 22.7 Å². The molecule has 0 radical (unpaired) electrons. The fraction of sp³-hybridized carbons (Fsp3) is 0.296. The first-order valence-electron chi connectivity index (χ1n) is 11.6. The molecule has 2 aromatic carbocycles. The minimum absolute atomic E-state index is 0.110. The van der Waals surface area contributed by atoms with E-state index in [1.54, 1.807) is 24.3 Å². The first-order chi connectivity index (χ1) is 16.7. The van der Waals surface area contributed by atoms with Gasteiger partial charge in [-0.05, 0) is 49.6 Å². The number of halogens is 1. The molecule has 2 N–H and O–H groups in total. The third kappa shape index (κ3) is 5.26. The molecule has 0 spiro atoms. The van der Waals surface area contributed by atoms with Crippen LogP contribution in [-0.2, 0) is 6.54 Å². The molecule has 4 rings (SSSR count). The Morgan fingerprint density at radius 1 is 1.14 bits per heavy atom. The number of fused-ring (bicyclic) bond motifs is 1. The molecule has 8 heteroatoms. The van der Waals surface area contributed by atoms with E-state index in [0.717, 1.165) is 22.2 Å². The van der Waals surface area contributed by atoms with Gasteiger partial charge in [-0.15, -0.1) is 0 Å². The van der Waals surface area contributed by atoms with Crippen molar-refractivity contribution in [3.63, 3.8) is 0 Å². The van der Waals surface area contributed by atoms with Crippen LogP contribution in [0.5, 0.6) is 5.75 Å². The Morgan fingerprint density at radius 3 is 2.69 bits per heavy atom. The maximum atomic E-state index is 14.5. The lowest BCUT2D eigenvalue weighted by Gasteiger charge is -2.13. The van der Waals surface area contributed by atoms with Crippen LogP contribution in [0.3, 0.4) is 0 Å². The Morgan fingerprint density at radius 2 is 1.94 bits per heavy atom. The number of nitrogens with zero attached hydrogens (tertiary/aromatic N) is 3. The first-order valence-corrected chi connectivity index (χ1v) is 11.6.